The largest absolute Gasteiger partial charge is 0.0891 e. The lowest BCUT2D eigenvalue weighted by atomic mass is 9.89. The van der Waals surface area contributed by atoms with Crippen LogP contribution in [-0.4, -0.2) is 4.83 Å². The first kappa shape index (κ1) is 9.57. The third-order valence-corrected chi connectivity index (χ3v) is 3.75. The minimum atomic E-state index is 0.820. The molecular weight excluding hydrogens is 200 g/mol. The molecule has 0 bridgehead atoms. The van der Waals surface area contributed by atoms with Crippen LogP contribution in [0.15, 0.2) is 0 Å². The van der Waals surface area contributed by atoms with Gasteiger partial charge in [-0.05, 0) is 18.8 Å². The Hall–Kier alpha value is 0.480. The van der Waals surface area contributed by atoms with Crippen LogP contribution in [0.25, 0.3) is 0 Å². The lowest BCUT2D eigenvalue weighted by Gasteiger charge is -2.20. The fraction of sp³-hybridized carbons (Fsp3) is 1.00. The van der Waals surface area contributed by atoms with Crippen molar-refractivity contribution in [2.45, 2.75) is 56.7 Å². The monoisotopic (exact) mass is 218 g/mol. The average Bonchev–Trinajstić information content (AvgIpc) is 1.96. The van der Waals surface area contributed by atoms with E-state index in [-0.39, 0.29) is 0 Å². The third kappa shape index (κ3) is 3.59. The maximum atomic E-state index is 3.71. The van der Waals surface area contributed by atoms with E-state index in [1.54, 1.807) is 0 Å². The Kier molecular flexibility index (Phi) is 4.51. The molecule has 0 atom stereocenters. The number of alkyl halides is 1. The zero-order valence-electron chi connectivity index (χ0n) is 7.48. The van der Waals surface area contributed by atoms with Gasteiger partial charge in [0.15, 0.2) is 0 Å². The second-order valence-electron chi connectivity index (χ2n) is 3.73. The predicted molar refractivity (Wildman–Crippen MR) is 54.2 cm³/mol. The van der Waals surface area contributed by atoms with Crippen molar-refractivity contribution in [3.05, 3.63) is 0 Å². The average molecular weight is 219 g/mol. The fourth-order valence-corrected chi connectivity index (χ4v) is 2.60. The van der Waals surface area contributed by atoms with Crippen molar-refractivity contribution in [1.29, 1.82) is 0 Å². The Bertz CT molecular complexity index is 91.0. The molecule has 0 saturated heterocycles. The summed E-state index contributed by atoms with van der Waals surface area (Å²) in [6, 6.07) is 0. The van der Waals surface area contributed by atoms with Gasteiger partial charge >= 0.3 is 0 Å². The Balaban J connectivity index is 2.22. The van der Waals surface area contributed by atoms with Crippen LogP contribution in [0.1, 0.15) is 51.9 Å². The SMILES string of the molecule is CCC1CCCC(Br)CCC1. The Morgan fingerprint density at radius 3 is 2.09 bits per heavy atom. The van der Waals surface area contributed by atoms with E-state index in [1.165, 1.54) is 44.9 Å². The topological polar surface area (TPSA) is 0 Å². The van der Waals surface area contributed by atoms with Gasteiger partial charge < -0.3 is 0 Å². The van der Waals surface area contributed by atoms with Crippen molar-refractivity contribution in [1.82, 2.24) is 0 Å². The summed E-state index contributed by atoms with van der Waals surface area (Å²) in [7, 11) is 0. The molecule has 1 aliphatic carbocycles. The molecule has 11 heavy (non-hydrogen) atoms. The number of hydrogen-bond donors (Lipinski definition) is 0. The van der Waals surface area contributed by atoms with Gasteiger partial charge in [-0.2, -0.15) is 0 Å². The fourth-order valence-electron chi connectivity index (χ4n) is 1.95. The van der Waals surface area contributed by atoms with E-state index in [9.17, 15) is 0 Å². The Morgan fingerprint density at radius 2 is 1.64 bits per heavy atom. The Labute approximate surface area is 78.9 Å². The molecule has 1 rings (SSSR count). The van der Waals surface area contributed by atoms with E-state index in [0.29, 0.717) is 0 Å². The van der Waals surface area contributed by atoms with Crippen LogP contribution < -0.4 is 0 Å². The van der Waals surface area contributed by atoms with Crippen molar-refractivity contribution >= 4 is 15.9 Å². The quantitative estimate of drug-likeness (QED) is 0.581. The molecule has 0 unspecified atom stereocenters. The van der Waals surface area contributed by atoms with Crippen LogP contribution in [-0.2, 0) is 0 Å². The first-order chi connectivity index (χ1) is 5.33. The number of rotatable bonds is 1. The third-order valence-electron chi connectivity index (χ3n) is 2.84. The zero-order valence-corrected chi connectivity index (χ0v) is 9.07. The molecule has 1 saturated carbocycles. The van der Waals surface area contributed by atoms with E-state index in [2.05, 4.69) is 22.9 Å². The molecule has 1 aliphatic rings. The summed E-state index contributed by atoms with van der Waals surface area (Å²) in [4.78, 5) is 0.820. The molecule has 0 heterocycles. The van der Waals surface area contributed by atoms with Crippen LogP contribution in [0.3, 0.4) is 0 Å². The molecule has 1 fully saturated rings. The van der Waals surface area contributed by atoms with Gasteiger partial charge in [-0.15, -0.1) is 0 Å². The number of halogens is 1. The highest BCUT2D eigenvalue weighted by Gasteiger charge is 2.12. The van der Waals surface area contributed by atoms with Gasteiger partial charge in [0.25, 0.3) is 0 Å². The summed E-state index contributed by atoms with van der Waals surface area (Å²) in [5.41, 5.74) is 0. The summed E-state index contributed by atoms with van der Waals surface area (Å²) >= 11 is 3.71. The van der Waals surface area contributed by atoms with Crippen LogP contribution >= 0.6 is 15.9 Å². The van der Waals surface area contributed by atoms with E-state index >= 15 is 0 Å². The maximum absolute atomic E-state index is 3.71. The van der Waals surface area contributed by atoms with Crippen molar-refractivity contribution < 1.29 is 0 Å². The molecule has 0 nitrogen and oxygen atoms in total. The van der Waals surface area contributed by atoms with Crippen molar-refractivity contribution in [2.24, 2.45) is 5.92 Å². The highest BCUT2D eigenvalue weighted by Crippen LogP contribution is 2.27. The maximum Gasteiger partial charge on any atom is 0.0145 e. The second kappa shape index (κ2) is 5.18. The molecular formula is C10H19Br. The molecule has 0 N–H and O–H groups in total. The molecule has 0 aromatic rings. The van der Waals surface area contributed by atoms with Gasteiger partial charge in [-0.3, -0.25) is 0 Å². The second-order valence-corrected chi connectivity index (χ2v) is 5.03. The highest BCUT2D eigenvalue weighted by atomic mass is 79.9. The summed E-state index contributed by atoms with van der Waals surface area (Å²) in [6.45, 7) is 2.33. The van der Waals surface area contributed by atoms with Crippen LogP contribution in [0.2, 0.25) is 0 Å². The van der Waals surface area contributed by atoms with E-state index < -0.39 is 0 Å². The normalized spacial score (nSPS) is 34.4. The minimum absolute atomic E-state index is 0.820. The van der Waals surface area contributed by atoms with Crippen molar-refractivity contribution in [3.63, 3.8) is 0 Å². The molecule has 0 aliphatic heterocycles. The molecule has 1 heteroatoms. The first-order valence-electron chi connectivity index (χ1n) is 4.97. The lowest BCUT2D eigenvalue weighted by molar-refractivity contribution is 0.375. The van der Waals surface area contributed by atoms with Crippen molar-refractivity contribution in [2.75, 3.05) is 0 Å². The van der Waals surface area contributed by atoms with Gasteiger partial charge in [0, 0.05) is 4.83 Å². The van der Waals surface area contributed by atoms with Crippen LogP contribution in [0.5, 0.6) is 0 Å². The molecule has 0 aromatic carbocycles. The molecule has 66 valence electrons. The smallest absolute Gasteiger partial charge is 0.0145 e. The predicted octanol–water partition coefficient (Wildman–Crippen LogP) is 4.13. The lowest BCUT2D eigenvalue weighted by Crippen LogP contribution is -2.07. The molecule has 0 aromatic heterocycles. The van der Waals surface area contributed by atoms with Gasteiger partial charge in [0.2, 0.25) is 0 Å². The highest BCUT2D eigenvalue weighted by molar-refractivity contribution is 9.09. The van der Waals surface area contributed by atoms with Gasteiger partial charge in [0.05, 0.1) is 0 Å². The molecule has 0 radical (unpaired) electrons. The summed E-state index contributed by atoms with van der Waals surface area (Å²) in [6.07, 6.45) is 10.0. The molecule has 0 amide bonds. The summed E-state index contributed by atoms with van der Waals surface area (Å²) in [5.74, 6) is 1.04. The summed E-state index contributed by atoms with van der Waals surface area (Å²) in [5, 5.41) is 0. The van der Waals surface area contributed by atoms with E-state index in [0.717, 1.165) is 10.7 Å². The van der Waals surface area contributed by atoms with E-state index in [4.69, 9.17) is 0 Å². The van der Waals surface area contributed by atoms with E-state index in [1.807, 2.05) is 0 Å². The standard InChI is InChI=1S/C10H19Br/c1-2-9-5-3-7-10(11)8-4-6-9/h9-10H,2-8H2,1H3. The van der Waals surface area contributed by atoms with Crippen LogP contribution in [0.4, 0.5) is 0 Å². The van der Waals surface area contributed by atoms with Gasteiger partial charge in [-0.1, -0.05) is 55.0 Å². The Morgan fingerprint density at radius 1 is 1.09 bits per heavy atom. The van der Waals surface area contributed by atoms with Gasteiger partial charge in [-0.25, -0.2) is 0 Å². The van der Waals surface area contributed by atoms with Crippen LogP contribution in [0, 0.1) is 5.92 Å². The first-order valence-corrected chi connectivity index (χ1v) is 5.88. The number of hydrogen-bond acceptors (Lipinski definition) is 0. The minimum Gasteiger partial charge on any atom is -0.0891 e. The van der Waals surface area contributed by atoms with Crippen molar-refractivity contribution in [3.8, 4) is 0 Å². The van der Waals surface area contributed by atoms with Gasteiger partial charge in [0.1, 0.15) is 0 Å². The molecule has 0 spiro atoms. The summed E-state index contributed by atoms with van der Waals surface area (Å²) < 4.78 is 0. The zero-order chi connectivity index (χ0) is 8.10.